The van der Waals surface area contributed by atoms with Crippen LogP contribution in [0.25, 0.3) is 0 Å². The van der Waals surface area contributed by atoms with Crippen molar-refractivity contribution in [3.63, 3.8) is 0 Å². The van der Waals surface area contributed by atoms with E-state index in [-0.39, 0.29) is 5.91 Å². The fourth-order valence-electron chi connectivity index (χ4n) is 1.89. The number of alkyl halides is 2. The fourth-order valence-corrected chi connectivity index (χ4v) is 2.39. The van der Waals surface area contributed by atoms with Gasteiger partial charge in [0.2, 0.25) is 11.8 Å². The van der Waals surface area contributed by atoms with Gasteiger partial charge in [-0.05, 0) is 30.7 Å². The van der Waals surface area contributed by atoms with Gasteiger partial charge in [0.05, 0.1) is 5.92 Å². The van der Waals surface area contributed by atoms with E-state index in [2.05, 4.69) is 10.3 Å². The zero-order valence-electron chi connectivity index (χ0n) is 10.9. The Hall–Kier alpha value is -1.78. The van der Waals surface area contributed by atoms with Gasteiger partial charge in [0.15, 0.2) is 0 Å². The van der Waals surface area contributed by atoms with Gasteiger partial charge in [-0.3, -0.25) is 4.79 Å². The predicted octanol–water partition coefficient (Wildman–Crippen LogP) is 4.01. The van der Waals surface area contributed by atoms with E-state index in [1.807, 2.05) is 30.3 Å². The normalized spacial score (nSPS) is 18.9. The third-order valence-electron chi connectivity index (χ3n) is 3.13. The maximum absolute atomic E-state index is 12.0. The average molecular weight is 323 g/mol. The number of rotatable bonds is 4. The Morgan fingerprint density at radius 3 is 2.62 bits per heavy atom. The number of carbonyl (C=O) groups is 1. The van der Waals surface area contributed by atoms with Crippen molar-refractivity contribution < 1.29 is 9.53 Å². The van der Waals surface area contributed by atoms with Crippen LogP contribution in [0.4, 0.5) is 5.69 Å². The van der Waals surface area contributed by atoms with E-state index in [1.54, 1.807) is 18.3 Å². The zero-order chi connectivity index (χ0) is 14.9. The van der Waals surface area contributed by atoms with E-state index in [4.69, 9.17) is 27.9 Å². The number of ether oxygens (including phenoxy) is 1. The quantitative estimate of drug-likeness (QED) is 0.865. The molecule has 2 aromatic rings. The van der Waals surface area contributed by atoms with Gasteiger partial charge in [0.25, 0.3) is 0 Å². The number of amides is 1. The van der Waals surface area contributed by atoms with Crippen LogP contribution in [-0.2, 0) is 4.79 Å². The molecule has 0 spiro atoms. The van der Waals surface area contributed by atoms with Crippen molar-refractivity contribution in [2.45, 2.75) is 10.8 Å². The molecule has 1 atom stereocenters. The van der Waals surface area contributed by atoms with Crippen molar-refractivity contribution in [1.82, 2.24) is 4.98 Å². The topological polar surface area (TPSA) is 51.2 Å². The van der Waals surface area contributed by atoms with E-state index in [9.17, 15) is 4.79 Å². The first-order valence-electron chi connectivity index (χ1n) is 6.43. The summed E-state index contributed by atoms with van der Waals surface area (Å²) in [5.74, 6) is 0.339. The second-order valence-electron chi connectivity index (χ2n) is 4.78. The van der Waals surface area contributed by atoms with Crippen molar-refractivity contribution in [1.29, 1.82) is 0 Å². The van der Waals surface area contributed by atoms with Crippen LogP contribution in [0.5, 0.6) is 11.6 Å². The van der Waals surface area contributed by atoms with Crippen LogP contribution in [0.15, 0.2) is 48.7 Å². The van der Waals surface area contributed by atoms with E-state index in [0.717, 1.165) is 0 Å². The van der Waals surface area contributed by atoms with Crippen molar-refractivity contribution >= 4 is 34.8 Å². The smallest absolute Gasteiger partial charge is 0.243 e. The number of aromatic nitrogens is 1. The molecule has 1 aliphatic rings. The molecular formula is C15H12Cl2N2O2. The summed E-state index contributed by atoms with van der Waals surface area (Å²) in [7, 11) is 0. The van der Waals surface area contributed by atoms with E-state index < -0.39 is 10.3 Å². The van der Waals surface area contributed by atoms with Gasteiger partial charge in [0.1, 0.15) is 15.8 Å². The Bertz CT molecular complexity index is 662. The standard InChI is InChI=1S/C15H12Cl2N2O2/c16-15(17)9-11(15)13(20)19-12-7-4-8-18-14(12)21-10-5-2-1-3-6-10/h1-8,11H,9H2,(H,19,20)/t11-/m0/s1. The van der Waals surface area contributed by atoms with Gasteiger partial charge in [-0.15, -0.1) is 23.2 Å². The third kappa shape index (κ3) is 3.28. The lowest BCUT2D eigenvalue weighted by atomic mass is 10.3. The SMILES string of the molecule is O=C(Nc1cccnc1Oc1ccccc1)[C@@H]1CC1(Cl)Cl. The number of nitrogens with one attached hydrogen (secondary N) is 1. The molecular weight excluding hydrogens is 311 g/mol. The number of carbonyl (C=O) groups excluding carboxylic acids is 1. The first-order chi connectivity index (χ1) is 10.1. The Morgan fingerprint density at radius 2 is 1.95 bits per heavy atom. The molecule has 0 bridgehead atoms. The van der Waals surface area contributed by atoms with Crippen molar-refractivity contribution in [2.24, 2.45) is 5.92 Å². The van der Waals surface area contributed by atoms with Gasteiger partial charge in [-0.1, -0.05) is 18.2 Å². The first-order valence-corrected chi connectivity index (χ1v) is 7.18. The molecule has 0 unspecified atom stereocenters. The predicted molar refractivity (Wildman–Crippen MR) is 81.9 cm³/mol. The number of hydrogen-bond donors (Lipinski definition) is 1. The molecule has 4 nitrogen and oxygen atoms in total. The van der Waals surface area contributed by atoms with Gasteiger partial charge in [0, 0.05) is 6.20 Å². The van der Waals surface area contributed by atoms with Crippen LogP contribution >= 0.6 is 23.2 Å². The molecule has 1 N–H and O–H groups in total. The minimum Gasteiger partial charge on any atom is -0.437 e. The lowest BCUT2D eigenvalue weighted by molar-refractivity contribution is -0.117. The van der Waals surface area contributed by atoms with Crippen LogP contribution in [0.2, 0.25) is 0 Å². The number of anilines is 1. The van der Waals surface area contributed by atoms with Gasteiger partial charge < -0.3 is 10.1 Å². The van der Waals surface area contributed by atoms with Crippen molar-refractivity contribution in [3.05, 3.63) is 48.7 Å². The van der Waals surface area contributed by atoms with Crippen molar-refractivity contribution in [3.8, 4) is 11.6 Å². The highest BCUT2D eigenvalue weighted by atomic mass is 35.5. The second kappa shape index (κ2) is 5.54. The lowest BCUT2D eigenvalue weighted by Crippen LogP contribution is -2.17. The summed E-state index contributed by atoms with van der Waals surface area (Å²) in [4.78, 5) is 16.2. The number of nitrogens with zero attached hydrogens (tertiary/aromatic N) is 1. The van der Waals surface area contributed by atoms with Crippen LogP contribution in [0.1, 0.15) is 6.42 Å². The van der Waals surface area contributed by atoms with Crippen molar-refractivity contribution in [2.75, 3.05) is 5.32 Å². The minimum atomic E-state index is -0.952. The molecule has 1 amide bonds. The molecule has 0 aliphatic heterocycles. The highest BCUT2D eigenvalue weighted by molar-refractivity contribution is 6.52. The Labute approximate surface area is 132 Å². The summed E-state index contributed by atoms with van der Waals surface area (Å²) >= 11 is 11.8. The monoisotopic (exact) mass is 322 g/mol. The molecule has 3 rings (SSSR count). The molecule has 1 saturated carbocycles. The number of hydrogen-bond acceptors (Lipinski definition) is 3. The van der Waals surface area contributed by atoms with Gasteiger partial charge in [-0.2, -0.15) is 0 Å². The minimum absolute atomic E-state index is 0.231. The number of pyridine rings is 1. The summed E-state index contributed by atoms with van der Waals surface area (Å²) in [6.07, 6.45) is 2.05. The van der Waals surface area contributed by atoms with E-state index >= 15 is 0 Å². The molecule has 1 aromatic carbocycles. The highest BCUT2D eigenvalue weighted by Gasteiger charge is 2.56. The maximum atomic E-state index is 12.0. The molecule has 1 aliphatic carbocycles. The molecule has 108 valence electrons. The number of benzene rings is 1. The molecule has 1 aromatic heterocycles. The van der Waals surface area contributed by atoms with Crippen LogP contribution in [0.3, 0.4) is 0 Å². The van der Waals surface area contributed by atoms with E-state index in [1.165, 1.54) is 0 Å². The Balaban J connectivity index is 1.75. The zero-order valence-corrected chi connectivity index (χ0v) is 12.4. The summed E-state index contributed by atoms with van der Waals surface area (Å²) in [5, 5.41) is 2.75. The summed E-state index contributed by atoms with van der Waals surface area (Å²) < 4.78 is 4.72. The second-order valence-corrected chi connectivity index (χ2v) is 6.32. The summed E-state index contributed by atoms with van der Waals surface area (Å²) in [6.45, 7) is 0. The largest absolute Gasteiger partial charge is 0.437 e. The Kier molecular flexibility index (Phi) is 3.74. The molecule has 1 fully saturated rings. The van der Waals surface area contributed by atoms with Gasteiger partial charge in [-0.25, -0.2) is 4.98 Å². The van der Waals surface area contributed by atoms with Crippen LogP contribution in [0, 0.1) is 5.92 Å². The number of halogens is 2. The van der Waals surface area contributed by atoms with Crippen LogP contribution < -0.4 is 10.1 Å². The average Bonchev–Trinajstić information content (AvgIpc) is 3.11. The molecule has 0 saturated heterocycles. The Morgan fingerprint density at radius 1 is 1.24 bits per heavy atom. The van der Waals surface area contributed by atoms with Crippen LogP contribution in [-0.4, -0.2) is 15.2 Å². The van der Waals surface area contributed by atoms with Gasteiger partial charge >= 0.3 is 0 Å². The lowest BCUT2D eigenvalue weighted by Gasteiger charge is -2.11. The molecule has 0 radical (unpaired) electrons. The fraction of sp³-hybridized carbons (Fsp3) is 0.200. The number of para-hydroxylation sites is 1. The first kappa shape index (κ1) is 14.2. The third-order valence-corrected chi connectivity index (χ3v) is 3.96. The summed E-state index contributed by atoms with van der Waals surface area (Å²) in [6, 6.07) is 12.7. The maximum Gasteiger partial charge on any atom is 0.243 e. The molecule has 1 heterocycles. The van der Waals surface area contributed by atoms with E-state index in [0.29, 0.717) is 23.7 Å². The highest BCUT2D eigenvalue weighted by Crippen LogP contribution is 2.53. The molecule has 6 heteroatoms. The summed E-state index contributed by atoms with van der Waals surface area (Å²) in [5.41, 5.74) is 0.488. The molecule has 21 heavy (non-hydrogen) atoms.